The minimum Gasteiger partial charge on any atom is -0.360 e. The number of hydrogen-bond acceptors (Lipinski definition) is 3. The summed E-state index contributed by atoms with van der Waals surface area (Å²) in [5.74, 6) is -2.74. The fraction of sp³-hybridized carbons (Fsp3) is 0.333. The smallest absolute Gasteiger partial charge is 0.360 e. The normalized spacial score (nSPS) is 14.6. The third-order valence-corrected chi connectivity index (χ3v) is 3.72. The second-order valence-electron chi connectivity index (χ2n) is 5.42. The Hall–Kier alpha value is -2.45. The first kappa shape index (κ1) is 16.4. The van der Waals surface area contributed by atoms with Crippen LogP contribution in [0.2, 0.25) is 0 Å². The summed E-state index contributed by atoms with van der Waals surface area (Å²) in [6.45, 7) is -0.0452. The zero-order valence-corrected chi connectivity index (χ0v) is 12.2. The van der Waals surface area contributed by atoms with Crippen LogP contribution in [0.4, 0.5) is 22.0 Å². The largest absolute Gasteiger partial charge is 0.397 e. The summed E-state index contributed by atoms with van der Waals surface area (Å²) in [5, 5.41) is 3.78. The maximum atomic E-state index is 13.4. The number of amides is 1. The predicted molar refractivity (Wildman–Crippen MR) is 71.6 cm³/mol. The van der Waals surface area contributed by atoms with Gasteiger partial charge in [0.2, 0.25) is 5.91 Å². The Morgan fingerprint density at radius 1 is 1.25 bits per heavy atom. The van der Waals surface area contributed by atoms with Gasteiger partial charge in [0.15, 0.2) is 11.6 Å². The van der Waals surface area contributed by atoms with Crippen LogP contribution in [-0.2, 0) is 17.8 Å². The molecule has 0 bridgehead atoms. The van der Waals surface area contributed by atoms with E-state index >= 15 is 0 Å². The SMILES string of the molecule is O=C(CC(F)(F)F)N1CCc2onc(-c3ccc(F)c(F)c3)c2C1. The quantitative estimate of drug-likeness (QED) is 0.783. The molecule has 1 aromatic heterocycles. The Kier molecular flexibility index (Phi) is 4.02. The highest BCUT2D eigenvalue weighted by molar-refractivity contribution is 5.77. The lowest BCUT2D eigenvalue weighted by atomic mass is 10.0. The van der Waals surface area contributed by atoms with E-state index in [1.165, 1.54) is 6.07 Å². The van der Waals surface area contributed by atoms with Crippen molar-refractivity contribution in [3.8, 4) is 11.3 Å². The van der Waals surface area contributed by atoms with Crippen molar-refractivity contribution in [1.82, 2.24) is 10.1 Å². The van der Waals surface area contributed by atoms with Crippen molar-refractivity contribution in [2.75, 3.05) is 6.54 Å². The first-order valence-corrected chi connectivity index (χ1v) is 7.02. The second-order valence-corrected chi connectivity index (χ2v) is 5.42. The van der Waals surface area contributed by atoms with E-state index in [1.807, 2.05) is 0 Å². The Labute approximate surface area is 132 Å². The average Bonchev–Trinajstić information content (AvgIpc) is 2.91. The summed E-state index contributed by atoms with van der Waals surface area (Å²) >= 11 is 0. The molecule has 1 amide bonds. The molecule has 1 aromatic carbocycles. The molecule has 2 aromatic rings. The van der Waals surface area contributed by atoms with Crippen LogP contribution in [0.15, 0.2) is 22.7 Å². The molecule has 0 unspecified atom stereocenters. The Morgan fingerprint density at radius 2 is 2.00 bits per heavy atom. The van der Waals surface area contributed by atoms with Crippen LogP contribution >= 0.6 is 0 Å². The predicted octanol–water partition coefficient (Wildman–Crippen LogP) is 3.46. The number of rotatable bonds is 2. The third kappa shape index (κ3) is 3.24. The van der Waals surface area contributed by atoms with Gasteiger partial charge in [-0.25, -0.2) is 8.78 Å². The Balaban J connectivity index is 1.87. The molecule has 4 nitrogen and oxygen atoms in total. The molecule has 0 N–H and O–H groups in total. The van der Waals surface area contributed by atoms with Gasteiger partial charge in [-0.1, -0.05) is 5.16 Å². The number of alkyl halides is 3. The van der Waals surface area contributed by atoms with Crippen molar-refractivity contribution < 1.29 is 31.3 Å². The van der Waals surface area contributed by atoms with Gasteiger partial charge in [-0.2, -0.15) is 13.2 Å². The van der Waals surface area contributed by atoms with E-state index in [4.69, 9.17) is 4.52 Å². The molecule has 0 radical (unpaired) electrons. The van der Waals surface area contributed by atoms with E-state index in [0.717, 1.165) is 17.0 Å². The van der Waals surface area contributed by atoms with E-state index in [0.29, 0.717) is 11.3 Å². The Bertz CT molecular complexity index is 785. The standard InChI is InChI=1S/C15H11F5N2O2/c16-10-2-1-8(5-11(10)17)14-9-7-22(4-3-12(9)24-21-14)13(23)6-15(18,19)20/h1-2,5H,3-4,6-7H2. The van der Waals surface area contributed by atoms with Crippen molar-refractivity contribution in [1.29, 1.82) is 0 Å². The van der Waals surface area contributed by atoms with Gasteiger partial charge in [-0.05, 0) is 18.2 Å². The summed E-state index contributed by atoms with van der Waals surface area (Å²) < 4.78 is 68.6. The summed E-state index contributed by atoms with van der Waals surface area (Å²) in [6.07, 6.45) is -5.93. The molecular formula is C15H11F5N2O2. The summed E-state index contributed by atoms with van der Waals surface area (Å²) in [6, 6.07) is 3.12. The molecule has 9 heteroatoms. The highest BCUT2D eigenvalue weighted by Crippen LogP contribution is 2.31. The molecule has 1 aliphatic heterocycles. The Morgan fingerprint density at radius 3 is 2.67 bits per heavy atom. The maximum absolute atomic E-state index is 13.4. The zero-order chi connectivity index (χ0) is 17.5. The summed E-state index contributed by atoms with van der Waals surface area (Å²) in [5.41, 5.74) is 0.820. The molecule has 0 fully saturated rings. The van der Waals surface area contributed by atoms with Gasteiger partial charge in [-0.3, -0.25) is 4.79 Å². The highest BCUT2D eigenvalue weighted by Gasteiger charge is 2.35. The number of nitrogens with zero attached hydrogens (tertiary/aromatic N) is 2. The van der Waals surface area contributed by atoms with E-state index in [1.54, 1.807) is 0 Å². The topological polar surface area (TPSA) is 46.3 Å². The van der Waals surface area contributed by atoms with Crippen molar-refractivity contribution in [2.24, 2.45) is 0 Å². The van der Waals surface area contributed by atoms with Crippen LogP contribution in [0, 0.1) is 11.6 Å². The molecule has 2 heterocycles. The van der Waals surface area contributed by atoms with Gasteiger partial charge in [0.05, 0.1) is 6.54 Å². The van der Waals surface area contributed by atoms with Crippen LogP contribution in [0.25, 0.3) is 11.3 Å². The van der Waals surface area contributed by atoms with E-state index in [9.17, 15) is 26.7 Å². The lowest BCUT2D eigenvalue weighted by Crippen LogP contribution is -2.37. The van der Waals surface area contributed by atoms with Gasteiger partial charge in [-0.15, -0.1) is 0 Å². The minimum atomic E-state index is -4.59. The average molecular weight is 346 g/mol. The van der Waals surface area contributed by atoms with Crippen LogP contribution in [0.3, 0.4) is 0 Å². The molecule has 0 saturated heterocycles. The number of halogens is 5. The number of carbonyl (C=O) groups excluding carboxylic acids is 1. The number of aromatic nitrogens is 1. The maximum Gasteiger partial charge on any atom is 0.397 e. The molecule has 0 spiro atoms. The number of carbonyl (C=O) groups is 1. The van der Waals surface area contributed by atoms with Crippen molar-refractivity contribution in [2.45, 2.75) is 25.6 Å². The summed E-state index contributed by atoms with van der Waals surface area (Å²) in [4.78, 5) is 12.8. The van der Waals surface area contributed by atoms with Crippen molar-refractivity contribution in [3.05, 3.63) is 41.2 Å². The fourth-order valence-electron chi connectivity index (χ4n) is 2.58. The van der Waals surface area contributed by atoms with Gasteiger partial charge in [0.1, 0.15) is 17.9 Å². The molecule has 0 atom stereocenters. The van der Waals surface area contributed by atoms with E-state index < -0.39 is 30.1 Å². The van der Waals surface area contributed by atoms with Crippen LogP contribution in [0.5, 0.6) is 0 Å². The molecule has 1 aliphatic rings. The van der Waals surface area contributed by atoms with Crippen LogP contribution in [0.1, 0.15) is 17.7 Å². The highest BCUT2D eigenvalue weighted by atomic mass is 19.4. The minimum absolute atomic E-state index is 0.0777. The number of hydrogen-bond donors (Lipinski definition) is 0. The van der Waals surface area contributed by atoms with Crippen molar-refractivity contribution in [3.63, 3.8) is 0 Å². The van der Waals surface area contributed by atoms with Gasteiger partial charge >= 0.3 is 6.18 Å². The molecule has 0 aliphatic carbocycles. The molecule has 3 rings (SSSR count). The fourth-order valence-corrected chi connectivity index (χ4v) is 2.58. The molecule has 24 heavy (non-hydrogen) atoms. The van der Waals surface area contributed by atoms with Crippen LogP contribution in [-0.4, -0.2) is 28.7 Å². The number of benzene rings is 1. The second kappa shape index (κ2) is 5.88. The lowest BCUT2D eigenvalue weighted by molar-refractivity contribution is -0.162. The molecule has 0 saturated carbocycles. The van der Waals surface area contributed by atoms with Crippen molar-refractivity contribution >= 4 is 5.91 Å². The van der Waals surface area contributed by atoms with E-state index in [2.05, 4.69) is 5.16 Å². The molecule has 128 valence electrons. The summed E-state index contributed by atoms with van der Waals surface area (Å²) in [7, 11) is 0. The first-order valence-electron chi connectivity index (χ1n) is 7.02. The van der Waals surface area contributed by atoms with Gasteiger partial charge in [0.25, 0.3) is 0 Å². The third-order valence-electron chi connectivity index (χ3n) is 3.72. The monoisotopic (exact) mass is 346 g/mol. The zero-order valence-electron chi connectivity index (χ0n) is 12.2. The van der Waals surface area contributed by atoms with Gasteiger partial charge < -0.3 is 9.42 Å². The first-order chi connectivity index (χ1) is 11.2. The van der Waals surface area contributed by atoms with E-state index in [-0.39, 0.29) is 30.8 Å². The van der Waals surface area contributed by atoms with Gasteiger partial charge in [0, 0.05) is 24.1 Å². The lowest BCUT2D eigenvalue weighted by Gasteiger charge is -2.26. The number of fused-ring (bicyclic) bond motifs is 1. The van der Waals surface area contributed by atoms with Crippen LogP contribution < -0.4 is 0 Å². The molecular weight excluding hydrogens is 335 g/mol.